The van der Waals surface area contributed by atoms with Gasteiger partial charge >= 0.3 is 0 Å². The summed E-state index contributed by atoms with van der Waals surface area (Å²) in [5.41, 5.74) is 5.88. The maximum absolute atomic E-state index is 5.88. The number of nitrogens with two attached hydrogens (primary N) is 1. The van der Waals surface area contributed by atoms with E-state index >= 15 is 0 Å². The molecule has 2 N–H and O–H groups in total. The molecule has 0 radical (unpaired) electrons. The number of hydrogen-bond acceptors (Lipinski definition) is 3. The van der Waals surface area contributed by atoms with Gasteiger partial charge in [0.15, 0.2) is 0 Å². The Hall–Kier alpha value is 0.270. The Morgan fingerprint density at radius 3 is 2.40 bits per heavy atom. The second kappa shape index (κ2) is 6.77. The van der Waals surface area contributed by atoms with Crippen molar-refractivity contribution in [3.05, 3.63) is 0 Å². The van der Waals surface area contributed by atoms with Crippen LogP contribution in [0.25, 0.3) is 0 Å². The van der Waals surface area contributed by atoms with Crippen molar-refractivity contribution in [1.29, 1.82) is 0 Å². The number of likely N-dealkylation sites (tertiary alicyclic amines) is 1. The zero-order valence-electron chi connectivity index (χ0n) is 10.4. The van der Waals surface area contributed by atoms with E-state index in [1.165, 1.54) is 31.7 Å². The highest BCUT2D eigenvalue weighted by atomic mass is 32.2. The molecule has 1 fully saturated rings. The van der Waals surface area contributed by atoms with E-state index in [1.54, 1.807) is 0 Å². The molecule has 1 rings (SSSR count). The molecular formula is C12H26N2S. The molecular weight excluding hydrogens is 204 g/mol. The molecule has 3 heteroatoms. The Balaban J connectivity index is 2.32. The van der Waals surface area contributed by atoms with Crippen molar-refractivity contribution >= 4 is 11.8 Å². The van der Waals surface area contributed by atoms with Gasteiger partial charge in [0, 0.05) is 25.7 Å². The number of nitrogens with zero attached hydrogens (tertiary/aromatic N) is 1. The summed E-state index contributed by atoms with van der Waals surface area (Å²) < 4.78 is 0. The van der Waals surface area contributed by atoms with Gasteiger partial charge in [-0.25, -0.2) is 0 Å². The van der Waals surface area contributed by atoms with E-state index in [0.29, 0.717) is 6.04 Å². The lowest BCUT2D eigenvalue weighted by atomic mass is 10.0. The predicted molar refractivity (Wildman–Crippen MR) is 70.4 cm³/mol. The number of thioether (sulfide) groups is 1. The van der Waals surface area contributed by atoms with Crippen molar-refractivity contribution in [2.24, 2.45) is 17.6 Å². The summed E-state index contributed by atoms with van der Waals surface area (Å²) in [5.74, 6) is 2.97. The van der Waals surface area contributed by atoms with Crippen LogP contribution >= 0.6 is 11.8 Å². The van der Waals surface area contributed by atoms with Gasteiger partial charge in [0.25, 0.3) is 0 Å². The van der Waals surface area contributed by atoms with E-state index in [-0.39, 0.29) is 0 Å². The molecule has 1 aliphatic rings. The number of hydrogen-bond donors (Lipinski definition) is 1. The Labute approximate surface area is 99.0 Å². The molecule has 0 bridgehead atoms. The van der Waals surface area contributed by atoms with Gasteiger partial charge < -0.3 is 5.73 Å². The van der Waals surface area contributed by atoms with Crippen molar-refractivity contribution in [1.82, 2.24) is 4.90 Å². The Morgan fingerprint density at radius 1 is 1.33 bits per heavy atom. The fourth-order valence-corrected chi connectivity index (χ4v) is 2.84. The minimum absolute atomic E-state index is 0.629. The highest BCUT2D eigenvalue weighted by molar-refractivity contribution is 7.98. The summed E-state index contributed by atoms with van der Waals surface area (Å²) in [6.07, 6.45) is 4.76. The van der Waals surface area contributed by atoms with E-state index in [1.807, 2.05) is 11.8 Å². The summed E-state index contributed by atoms with van der Waals surface area (Å²) in [6.45, 7) is 8.05. The fraction of sp³-hybridized carbons (Fsp3) is 1.00. The molecule has 0 aromatic carbocycles. The molecule has 15 heavy (non-hydrogen) atoms. The van der Waals surface area contributed by atoms with Crippen molar-refractivity contribution in [3.8, 4) is 0 Å². The molecule has 3 atom stereocenters. The van der Waals surface area contributed by atoms with Crippen LogP contribution in [-0.2, 0) is 0 Å². The van der Waals surface area contributed by atoms with Gasteiger partial charge in [0.05, 0.1) is 0 Å². The first kappa shape index (κ1) is 13.3. The lowest BCUT2D eigenvalue weighted by molar-refractivity contribution is 0.225. The predicted octanol–water partition coefficient (Wildman–Crippen LogP) is 2.04. The van der Waals surface area contributed by atoms with Gasteiger partial charge in [0.1, 0.15) is 0 Å². The zero-order chi connectivity index (χ0) is 11.3. The highest BCUT2D eigenvalue weighted by Crippen LogP contribution is 2.25. The smallest absolute Gasteiger partial charge is 0.0218 e. The molecule has 1 saturated heterocycles. The first-order valence-corrected chi connectivity index (χ1v) is 7.51. The van der Waals surface area contributed by atoms with Crippen LogP contribution in [-0.4, -0.2) is 42.6 Å². The van der Waals surface area contributed by atoms with Gasteiger partial charge in [-0.05, 0) is 36.7 Å². The minimum atomic E-state index is 0.629. The Bertz CT molecular complexity index is 165. The highest BCUT2D eigenvalue weighted by Gasteiger charge is 2.29. The van der Waals surface area contributed by atoms with Gasteiger partial charge in [-0.3, -0.25) is 4.90 Å². The molecule has 0 saturated carbocycles. The average Bonchev–Trinajstić information content (AvgIpc) is 2.54. The van der Waals surface area contributed by atoms with E-state index in [9.17, 15) is 0 Å². The van der Waals surface area contributed by atoms with Crippen molar-refractivity contribution < 1.29 is 0 Å². The van der Waals surface area contributed by atoms with Crippen LogP contribution in [0.3, 0.4) is 0 Å². The van der Waals surface area contributed by atoms with Gasteiger partial charge in [0.2, 0.25) is 0 Å². The molecule has 0 amide bonds. The van der Waals surface area contributed by atoms with Crippen molar-refractivity contribution in [2.75, 3.05) is 31.6 Å². The summed E-state index contributed by atoms with van der Waals surface area (Å²) in [6, 6.07) is 0.629. The molecule has 0 spiro atoms. The topological polar surface area (TPSA) is 29.3 Å². The van der Waals surface area contributed by atoms with Crippen LogP contribution in [0.1, 0.15) is 26.7 Å². The normalized spacial score (nSPS) is 29.6. The average molecular weight is 230 g/mol. The van der Waals surface area contributed by atoms with Crippen LogP contribution in [0.15, 0.2) is 0 Å². The third kappa shape index (κ3) is 3.97. The molecule has 0 aromatic rings. The van der Waals surface area contributed by atoms with E-state index < -0.39 is 0 Å². The SMILES string of the molecule is CSCCCC(CN)N1CC(C)C(C)C1. The largest absolute Gasteiger partial charge is 0.329 e. The molecule has 2 nitrogen and oxygen atoms in total. The van der Waals surface area contributed by atoms with Gasteiger partial charge in [-0.1, -0.05) is 13.8 Å². The van der Waals surface area contributed by atoms with Crippen LogP contribution in [0.4, 0.5) is 0 Å². The maximum Gasteiger partial charge on any atom is 0.0218 e. The molecule has 90 valence electrons. The van der Waals surface area contributed by atoms with Crippen LogP contribution in [0, 0.1) is 11.8 Å². The molecule has 0 aromatic heterocycles. The van der Waals surface area contributed by atoms with Crippen LogP contribution in [0.2, 0.25) is 0 Å². The van der Waals surface area contributed by atoms with E-state index in [2.05, 4.69) is 25.0 Å². The first-order valence-electron chi connectivity index (χ1n) is 6.12. The van der Waals surface area contributed by atoms with Crippen LogP contribution in [0.5, 0.6) is 0 Å². The standard InChI is InChI=1S/C12H26N2S/c1-10-8-14(9-11(10)2)12(7-13)5-4-6-15-3/h10-12H,4-9,13H2,1-3H3. The van der Waals surface area contributed by atoms with E-state index in [4.69, 9.17) is 5.73 Å². The molecule has 1 aliphatic heterocycles. The zero-order valence-corrected chi connectivity index (χ0v) is 11.2. The van der Waals surface area contributed by atoms with Crippen molar-refractivity contribution in [2.45, 2.75) is 32.7 Å². The summed E-state index contributed by atoms with van der Waals surface area (Å²) in [5, 5.41) is 0. The summed E-state index contributed by atoms with van der Waals surface area (Å²) >= 11 is 1.94. The third-order valence-corrected chi connectivity index (χ3v) is 4.39. The Morgan fingerprint density at radius 2 is 1.93 bits per heavy atom. The monoisotopic (exact) mass is 230 g/mol. The maximum atomic E-state index is 5.88. The molecule has 1 heterocycles. The molecule has 0 aliphatic carbocycles. The van der Waals surface area contributed by atoms with Gasteiger partial charge in [-0.15, -0.1) is 0 Å². The lowest BCUT2D eigenvalue weighted by Gasteiger charge is -2.26. The fourth-order valence-electron chi connectivity index (χ4n) is 2.39. The summed E-state index contributed by atoms with van der Waals surface area (Å²) in [7, 11) is 0. The lowest BCUT2D eigenvalue weighted by Crippen LogP contribution is -2.39. The minimum Gasteiger partial charge on any atom is -0.329 e. The summed E-state index contributed by atoms with van der Waals surface area (Å²) in [4.78, 5) is 2.61. The molecule has 3 unspecified atom stereocenters. The third-order valence-electron chi connectivity index (χ3n) is 3.69. The second-order valence-corrected chi connectivity index (χ2v) is 5.92. The van der Waals surface area contributed by atoms with Gasteiger partial charge in [-0.2, -0.15) is 11.8 Å². The van der Waals surface area contributed by atoms with E-state index in [0.717, 1.165) is 18.4 Å². The van der Waals surface area contributed by atoms with Crippen LogP contribution < -0.4 is 5.73 Å². The van der Waals surface area contributed by atoms with Crippen molar-refractivity contribution in [3.63, 3.8) is 0 Å². The number of rotatable bonds is 6. The quantitative estimate of drug-likeness (QED) is 0.708. The Kier molecular flexibility index (Phi) is 6.02. The first-order chi connectivity index (χ1) is 7.19. The second-order valence-electron chi connectivity index (χ2n) is 4.93.